The lowest BCUT2D eigenvalue weighted by atomic mass is 9.86. The lowest BCUT2D eigenvalue weighted by molar-refractivity contribution is -0.143. The van der Waals surface area contributed by atoms with E-state index in [1.807, 2.05) is 0 Å². The van der Waals surface area contributed by atoms with Gasteiger partial charge in [0, 0.05) is 76.7 Å². The summed E-state index contributed by atoms with van der Waals surface area (Å²) in [5.74, 6) is -6.30. The Hall–Kier alpha value is -6.67. The van der Waals surface area contributed by atoms with Crippen molar-refractivity contribution in [1.82, 2.24) is 14.8 Å². The van der Waals surface area contributed by atoms with E-state index in [-0.39, 0.29) is 74.7 Å². The number of carbonyl (C=O) groups is 3. The SMILES string of the molecule is C.CNC(=O)C1CCC(NS(=O)(=O)c2ccc(-c3ccc(F)cc3F)cc2)CC1.NC1CCC(C(=O)O)CC1.O=C(O)C1CCC(NS(=O)(=O)c2ccc(-c3ccc(F)cc3F)cc2)CC1.O=S(=O)(Cl)c1ccc(-c2ccc(F)cc2F)cc1. The lowest BCUT2D eigenvalue weighted by Crippen LogP contribution is -2.40. The van der Waals surface area contributed by atoms with Crippen molar-refractivity contribution < 1.29 is 76.2 Å². The standard InChI is InChI=1S/C20H22F2N2O3S.C19H19F2NO4S.C12H7ClF2O2S.C7H13NO2.CH4/c1-23-20(25)14-2-7-16(8-3-14)24-28(26,27)17-9-4-13(5-10-17)18-11-6-15(21)12-19(18)22;20-14-5-10-17(18(21)11-14)12-3-8-16(9-4-12)27(25,26)22-15-6-1-13(2-7-15)19(23)24;13-18(16,17)10-4-1-8(2-5-10)11-6-3-9(14)7-12(11)15;8-6-3-1-5(2-4-6)7(9)10;/h4-6,9-12,14,16,24H,2-3,7-8H2,1H3,(H,23,25);3-5,8-11,13,15,22H,1-2,6-7H2,(H,23,24);1-7H;5-6H,1-4,8H2,(H,9,10);1H4. The zero-order valence-corrected chi connectivity index (χ0v) is 47.8. The van der Waals surface area contributed by atoms with Gasteiger partial charge in [-0.3, -0.25) is 14.4 Å². The van der Waals surface area contributed by atoms with Crippen LogP contribution in [-0.4, -0.2) is 78.5 Å². The molecular formula is C59H65ClF6N4O11S3. The van der Waals surface area contributed by atoms with Gasteiger partial charge in [0.25, 0.3) is 9.05 Å². The Morgan fingerprint density at radius 1 is 0.452 bits per heavy atom. The highest BCUT2D eigenvalue weighted by Crippen LogP contribution is 2.31. The maximum absolute atomic E-state index is 13.9. The summed E-state index contributed by atoms with van der Waals surface area (Å²) >= 11 is 0. The number of benzene rings is 6. The first kappa shape index (κ1) is 68.1. The number of nitrogens with two attached hydrogens (primary N) is 1. The molecule has 454 valence electrons. The van der Waals surface area contributed by atoms with Crippen LogP contribution >= 0.6 is 10.7 Å². The summed E-state index contributed by atoms with van der Waals surface area (Å²) in [7, 11) is -4.53. The highest BCUT2D eigenvalue weighted by molar-refractivity contribution is 8.13. The summed E-state index contributed by atoms with van der Waals surface area (Å²) in [4.78, 5) is 33.1. The van der Waals surface area contributed by atoms with Gasteiger partial charge in [0.15, 0.2) is 0 Å². The van der Waals surface area contributed by atoms with E-state index in [0.29, 0.717) is 68.1 Å². The first-order valence-electron chi connectivity index (χ1n) is 26.2. The van der Waals surface area contributed by atoms with Crippen LogP contribution in [0.15, 0.2) is 142 Å². The fourth-order valence-corrected chi connectivity index (χ4v) is 13.1. The molecule has 0 atom stereocenters. The highest BCUT2D eigenvalue weighted by atomic mass is 35.7. The number of sulfonamides is 2. The molecule has 84 heavy (non-hydrogen) atoms. The molecular weight excluding hydrogens is 1190 g/mol. The number of carboxylic acid groups (broad SMARTS) is 2. The normalized spacial score (nSPS) is 19.7. The van der Waals surface area contributed by atoms with E-state index in [4.69, 9.17) is 26.6 Å². The molecule has 3 aliphatic carbocycles. The molecule has 0 unspecified atom stereocenters. The fraction of sp³-hybridized carbons (Fsp3) is 0.339. The number of rotatable bonds is 13. The Morgan fingerprint density at radius 3 is 1.01 bits per heavy atom. The van der Waals surface area contributed by atoms with Crippen molar-refractivity contribution in [3.63, 3.8) is 0 Å². The van der Waals surface area contributed by atoms with Crippen LogP contribution in [0.5, 0.6) is 0 Å². The molecule has 0 bridgehead atoms. The second kappa shape index (κ2) is 30.4. The Morgan fingerprint density at radius 2 is 0.738 bits per heavy atom. The first-order chi connectivity index (χ1) is 39.1. The van der Waals surface area contributed by atoms with E-state index in [0.717, 1.165) is 62.1 Å². The van der Waals surface area contributed by atoms with Gasteiger partial charge >= 0.3 is 11.9 Å². The van der Waals surface area contributed by atoms with Crippen molar-refractivity contribution in [3.8, 4) is 33.4 Å². The van der Waals surface area contributed by atoms with Crippen molar-refractivity contribution in [2.45, 2.75) is 117 Å². The van der Waals surface area contributed by atoms with Crippen LogP contribution in [0.25, 0.3) is 33.4 Å². The number of carboxylic acids is 2. The molecule has 3 saturated carbocycles. The van der Waals surface area contributed by atoms with Crippen molar-refractivity contribution in [2.24, 2.45) is 23.5 Å². The van der Waals surface area contributed by atoms with Gasteiger partial charge < -0.3 is 21.3 Å². The number of hydrogen-bond donors (Lipinski definition) is 6. The Balaban J connectivity index is 0.000000215. The van der Waals surface area contributed by atoms with E-state index in [1.54, 1.807) is 7.05 Å². The van der Waals surface area contributed by atoms with Crippen molar-refractivity contribution >= 4 is 57.6 Å². The topological polar surface area (TPSA) is 256 Å². The average Bonchev–Trinajstić information content (AvgIpc) is 3.62. The summed E-state index contributed by atoms with van der Waals surface area (Å²) in [6.07, 6.45) is 7.53. The van der Waals surface area contributed by atoms with Crippen LogP contribution in [0.3, 0.4) is 0 Å². The summed E-state index contributed by atoms with van der Waals surface area (Å²) in [5.41, 5.74) is 7.51. The molecule has 3 fully saturated rings. The summed E-state index contributed by atoms with van der Waals surface area (Å²) in [6, 6.07) is 26.2. The Bertz CT molecular complexity index is 3570. The third kappa shape index (κ3) is 19.4. The molecule has 15 nitrogen and oxygen atoms in total. The third-order valence-electron chi connectivity index (χ3n) is 14.4. The second-order valence-electron chi connectivity index (χ2n) is 20.1. The number of carbonyl (C=O) groups excluding carboxylic acids is 1. The van der Waals surface area contributed by atoms with Crippen LogP contribution in [0.4, 0.5) is 26.3 Å². The molecule has 0 aromatic heterocycles. The van der Waals surface area contributed by atoms with Gasteiger partial charge in [-0.2, -0.15) is 0 Å². The van der Waals surface area contributed by atoms with Crippen LogP contribution in [0, 0.1) is 52.7 Å². The Labute approximate surface area is 489 Å². The van der Waals surface area contributed by atoms with Gasteiger partial charge in [-0.25, -0.2) is 61.0 Å². The third-order valence-corrected chi connectivity index (χ3v) is 18.8. The molecule has 9 rings (SSSR count). The van der Waals surface area contributed by atoms with Gasteiger partial charge in [0.1, 0.15) is 34.9 Å². The van der Waals surface area contributed by atoms with Gasteiger partial charge in [-0.1, -0.05) is 43.8 Å². The monoisotopic (exact) mass is 1250 g/mol. The number of halogens is 7. The molecule has 6 aromatic rings. The lowest BCUT2D eigenvalue weighted by Gasteiger charge is -2.27. The zero-order chi connectivity index (χ0) is 60.8. The van der Waals surface area contributed by atoms with Gasteiger partial charge in [-0.05, 0) is 167 Å². The van der Waals surface area contributed by atoms with Gasteiger partial charge in [0.2, 0.25) is 26.0 Å². The van der Waals surface area contributed by atoms with E-state index in [2.05, 4.69) is 14.8 Å². The van der Waals surface area contributed by atoms with E-state index in [9.17, 15) is 66.0 Å². The van der Waals surface area contributed by atoms with Gasteiger partial charge in [0.05, 0.1) is 26.5 Å². The number of hydrogen-bond acceptors (Lipinski definition) is 10. The molecule has 0 radical (unpaired) electrons. The van der Waals surface area contributed by atoms with Crippen LogP contribution in [-0.2, 0) is 43.5 Å². The number of amides is 1. The predicted octanol–water partition coefficient (Wildman–Crippen LogP) is 11.6. The van der Waals surface area contributed by atoms with Crippen molar-refractivity contribution in [3.05, 3.63) is 162 Å². The molecule has 6 aromatic carbocycles. The molecule has 1 amide bonds. The Kier molecular flexibility index (Phi) is 24.7. The second-order valence-corrected chi connectivity index (χ2v) is 26.1. The van der Waals surface area contributed by atoms with E-state index < -0.39 is 81.9 Å². The highest BCUT2D eigenvalue weighted by Gasteiger charge is 2.31. The smallest absolute Gasteiger partial charge is 0.306 e. The summed E-state index contributed by atoms with van der Waals surface area (Å²) < 4.78 is 158. The van der Waals surface area contributed by atoms with Crippen molar-refractivity contribution in [2.75, 3.05) is 7.05 Å². The summed E-state index contributed by atoms with van der Waals surface area (Å²) in [5, 5.41) is 20.2. The minimum Gasteiger partial charge on any atom is -0.481 e. The van der Waals surface area contributed by atoms with Gasteiger partial charge in [-0.15, -0.1) is 0 Å². The number of nitrogens with one attached hydrogen (secondary N) is 3. The molecule has 0 saturated heterocycles. The molecule has 0 spiro atoms. The molecule has 0 heterocycles. The molecule has 7 N–H and O–H groups in total. The largest absolute Gasteiger partial charge is 0.481 e. The summed E-state index contributed by atoms with van der Waals surface area (Å²) in [6.45, 7) is 0. The van der Waals surface area contributed by atoms with Crippen LogP contribution < -0.4 is 20.5 Å². The molecule has 0 aliphatic heterocycles. The molecule has 25 heteroatoms. The first-order valence-corrected chi connectivity index (χ1v) is 31.5. The van der Waals surface area contributed by atoms with Crippen molar-refractivity contribution in [1.29, 1.82) is 0 Å². The fourth-order valence-electron chi connectivity index (χ4n) is 9.67. The quantitative estimate of drug-likeness (QED) is 0.0466. The number of aliphatic carboxylic acids is 2. The minimum absolute atomic E-state index is 0. The average molecular weight is 1250 g/mol. The van der Waals surface area contributed by atoms with Crippen LogP contribution in [0.1, 0.15) is 84.5 Å². The van der Waals surface area contributed by atoms with E-state index in [1.165, 1.54) is 91.0 Å². The van der Waals surface area contributed by atoms with Crippen LogP contribution in [0.2, 0.25) is 0 Å². The van der Waals surface area contributed by atoms with E-state index >= 15 is 0 Å². The maximum atomic E-state index is 13.9. The maximum Gasteiger partial charge on any atom is 0.306 e. The predicted molar refractivity (Wildman–Crippen MR) is 307 cm³/mol. The zero-order valence-electron chi connectivity index (χ0n) is 44.6. The molecule has 3 aliphatic rings. The minimum atomic E-state index is -3.80.